The van der Waals surface area contributed by atoms with Gasteiger partial charge in [-0.05, 0) is 38.0 Å². The number of likely N-dealkylation sites (tertiary alicyclic amines) is 1. The SMILES string of the molecule is CC(C)C(=O)NC1CC(C(C)O)CN(CC2CCCC2)C1. The number of aliphatic hydroxyl groups is 1. The van der Waals surface area contributed by atoms with Crippen LogP contribution in [0, 0.1) is 17.8 Å². The van der Waals surface area contributed by atoms with Crippen molar-refractivity contribution in [1.29, 1.82) is 0 Å². The second-order valence-electron chi connectivity index (χ2n) is 7.47. The van der Waals surface area contributed by atoms with Gasteiger partial charge in [-0.1, -0.05) is 26.7 Å². The van der Waals surface area contributed by atoms with E-state index in [0.717, 1.165) is 32.0 Å². The van der Waals surface area contributed by atoms with E-state index in [1.165, 1.54) is 25.7 Å². The molecule has 2 N–H and O–H groups in total. The molecule has 4 nitrogen and oxygen atoms in total. The number of carbonyl (C=O) groups excluding carboxylic acids is 1. The zero-order chi connectivity index (χ0) is 15.4. The molecular weight excluding hydrogens is 264 g/mol. The van der Waals surface area contributed by atoms with Gasteiger partial charge in [0.15, 0.2) is 0 Å². The zero-order valence-electron chi connectivity index (χ0n) is 13.8. The second-order valence-corrected chi connectivity index (χ2v) is 7.47. The first-order valence-corrected chi connectivity index (χ1v) is 8.66. The lowest BCUT2D eigenvalue weighted by Crippen LogP contribution is -2.54. The highest BCUT2D eigenvalue weighted by Crippen LogP contribution is 2.28. The number of aliphatic hydroxyl groups excluding tert-OH is 1. The van der Waals surface area contributed by atoms with Gasteiger partial charge in [0.05, 0.1) is 6.10 Å². The molecule has 122 valence electrons. The molecule has 2 aliphatic rings. The fourth-order valence-corrected chi connectivity index (χ4v) is 3.76. The molecule has 1 heterocycles. The average Bonchev–Trinajstić information content (AvgIpc) is 2.91. The van der Waals surface area contributed by atoms with Gasteiger partial charge in [0.25, 0.3) is 0 Å². The summed E-state index contributed by atoms with van der Waals surface area (Å²) in [4.78, 5) is 14.4. The first-order chi connectivity index (χ1) is 9.95. The molecule has 1 aliphatic heterocycles. The van der Waals surface area contributed by atoms with E-state index in [2.05, 4.69) is 10.2 Å². The number of carbonyl (C=O) groups is 1. The van der Waals surface area contributed by atoms with Crippen molar-refractivity contribution in [3.63, 3.8) is 0 Å². The van der Waals surface area contributed by atoms with Crippen molar-refractivity contribution in [2.24, 2.45) is 17.8 Å². The third-order valence-electron chi connectivity index (χ3n) is 5.10. The van der Waals surface area contributed by atoms with Crippen molar-refractivity contribution in [3.05, 3.63) is 0 Å². The molecule has 0 aromatic rings. The first-order valence-electron chi connectivity index (χ1n) is 8.66. The van der Waals surface area contributed by atoms with Crippen LogP contribution in [0.1, 0.15) is 52.9 Å². The fraction of sp³-hybridized carbons (Fsp3) is 0.941. The van der Waals surface area contributed by atoms with Gasteiger partial charge in [0.2, 0.25) is 5.91 Å². The Morgan fingerprint density at radius 2 is 1.90 bits per heavy atom. The molecule has 2 fully saturated rings. The van der Waals surface area contributed by atoms with E-state index in [9.17, 15) is 9.90 Å². The number of rotatable bonds is 5. The van der Waals surface area contributed by atoms with Crippen LogP contribution in [0.3, 0.4) is 0 Å². The number of amides is 1. The molecule has 1 saturated carbocycles. The third-order valence-corrected chi connectivity index (χ3v) is 5.10. The summed E-state index contributed by atoms with van der Waals surface area (Å²) in [5.41, 5.74) is 0. The summed E-state index contributed by atoms with van der Waals surface area (Å²) >= 11 is 0. The molecule has 1 saturated heterocycles. The smallest absolute Gasteiger partial charge is 0.222 e. The zero-order valence-corrected chi connectivity index (χ0v) is 13.8. The molecule has 3 atom stereocenters. The van der Waals surface area contributed by atoms with Crippen LogP contribution in [0.4, 0.5) is 0 Å². The lowest BCUT2D eigenvalue weighted by Gasteiger charge is -2.40. The Hall–Kier alpha value is -0.610. The lowest BCUT2D eigenvalue weighted by atomic mass is 9.89. The minimum Gasteiger partial charge on any atom is -0.393 e. The minimum absolute atomic E-state index is 0.0280. The van der Waals surface area contributed by atoms with Crippen LogP contribution in [0.5, 0.6) is 0 Å². The molecule has 0 spiro atoms. The van der Waals surface area contributed by atoms with Crippen molar-refractivity contribution in [2.45, 2.75) is 65.0 Å². The van der Waals surface area contributed by atoms with Crippen molar-refractivity contribution >= 4 is 5.91 Å². The number of nitrogens with one attached hydrogen (secondary N) is 1. The van der Waals surface area contributed by atoms with Crippen LogP contribution in [-0.4, -0.2) is 47.7 Å². The molecule has 0 aromatic heterocycles. The van der Waals surface area contributed by atoms with Crippen molar-refractivity contribution in [2.75, 3.05) is 19.6 Å². The highest BCUT2D eigenvalue weighted by molar-refractivity contribution is 5.78. The number of piperidine rings is 1. The maximum Gasteiger partial charge on any atom is 0.222 e. The Bertz CT molecular complexity index is 336. The normalized spacial score (nSPS) is 29.8. The first kappa shape index (κ1) is 16.8. The summed E-state index contributed by atoms with van der Waals surface area (Å²) in [7, 11) is 0. The summed E-state index contributed by atoms with van der Waals surface area (Å²) < 4.78 is 0. The van der Waals surface area contributed by atoms with Crippen molar-refractivity contribution in [3.8, 4) is 0 Å². The number of hydrogen-bond acceptors (Lipinski definition) is 3. The maximum absolute atomic E-state index is 11.9. The van der Waals surface area contributed by atoms with Gasteiger partial charge in [-0.15, -0.1) is 0 Å². The third kappa shape index (κ3) is 4.96. The molecule has 0 bridgehead atoms. The summed E-state index contributed by atoms with van der Waals surface area (Å²) in [6.45, 7) is 8.80. The Kier molecular flexibility index (Phi) is 6.06. The van der Waals surface area contributed by atoms with Crippen LogP contribution in [0.2, 0.25) is 0 Å². The predicted octanol–water partition coefficient (Wildman–Crippen LogP) is 2.02. The molecule has 1 aliphatic carbocycles. The molecule has 4 heteroatoms. The van der Waals surface area contributed by atoms with Gasteiger partial charge in [0, 0.05) is 31.6 Å². The van der Waals surface area contributed by atoms with Gasteiger partial charge in [-0.3, -0.25) is 4.79 Å². The number of hydrogen-bond donors (Lipinski definition) is 2. The average molecular weight is 296 g/mol. The maximum atomic E-state index is 11.9. The Balaban J connectivity index is 1.92. The van der Waals surface area contributed by atoms with Gasteiger partial charge >= 0.3 is 0 Å². The predicted molar refractivity (Wildman–Crippen MR) is 85.0 cm³/mol. The van der Waals surface area contributed by atoms with Crippen LogP contribution < -0.4 is 5.32 Å². The van der Waals surface area contributed by atoms with E-state index in [-0.39, 0.29) is 29.9 Å². The topological polar surface area (TPSA) is 52.6 Å². The Morgan fingerprint density at radius 3 is 2.48 bits per heavy atom. The Morgan fingerprint density at radius 1 is 1.24 bits per heavy atom. The molecule has 1 amide bonds. The van der Waals surface area contributed by atoms with Gasteiger partial charge in [-0.25, -0.2) is 0 Å². The van der Waals surface area contributed by atoms with Gasteiger partial charge in [0.1, 0.15) is 0 Å². The summed E-state index contributed by atoms with van der Waals surface area (Å²) in [5, 5.41) is 13.1. The van der Waals surface area contributed by atoms with Crippen LogP contribution in [-0.2, 0) is 4.79 Å². The van der Waals surface area contributed by atoms with E-state index < -0.39 is 0 Å². The van der Waals surface area contributed by atoms with Crippen molar-refractivity contribution < 1.29 is 9.90 Å². The van der Waals surface area contributed by atoms with Crippen LogP contribution in [0.25, 0.3) is 0 Å². The van der Waals surface area contributed by atoms with Crippen molar-refractivity contribution in [1.82, 2.24) is 10.2 Å². The molecular formula is C17H32N2O2. The van der Waals surface area contributed by atoms with E-state index in [1.807, 2.05) is 20.8 Å². The monoisotopic (exact) mass is 296 g/mol. The largest absolute Gasteiger partial charge is 0.393 e. The van der Waals surface area contributed by atoms with E-state index in [0.29, 0.717) is 0 Å². The van der Waals surface area contributed by atoms with Gasteiger partial charge < -0.3 is 15.3 Å². The Labute approximate surface area is 129 Å². The molecule has 3 unspecified atom stereocenters. The number of nitrogens with zero attached hydrogens (tertiary/aromatic N) is 1. The molecule has 0 radical (unpaired) electrons. The summed E-state index contributed by atoms with van der Waals surface area (Å²) in [6.07, 6.45) is 6.03. The van der Waals surface area contributed by atoms with E-state index in [1.54, 1.807) is 0 Å². The van der Waals surface area contributed by atoms with E-state index in [4.69, 9.17) is 0 Å². The summed E-state index contributed by atoms with van der Waals surface area (Å²) in [5.74, 6) is 1.25. The van der Waals surface area contributed by atoms with Crippen LogP contribution >= 0.6 is 0 Å². The highest BCUT2D eigenvalue weighted by atomic mass is 16.3. The standard InChI is InChI=1S/C17H32N2O2/c1-12(2)17(21)18-16-8-15(13(3)20)10-19(11-16)9-14-6-4-5-7-14/h12-16,20H,4-11H2,1-3H3,(H,18,21). The molecule has 21 heavy (non-hydrogen) atoms. The van der Waals surface area contributed by atoms with E-state index >= 15 is 0 Å². The highest BCUT2D eigenvalue weighted by Gasteiger charge is 2.32. The summed E-state index contributed by atoms with van der Waals surface area (Å²) in [6, 6.07) is 0.189. The quantitative estimate of drug-likeness (QED) is 0.816. The second kappa shape index (κ2) is 7.59. The molecule has 2 rings (SSSR count). The van der Waals surface area contributed by atoms with Crippen LogP contribution in [0.15, 0.2) is 0 Å². The lowest BCUT2D eigenvalue weighted by molar-refractivity contribution is -0.125. The molecule has 0 aromatic carbocycles. The van der Waals surface area contributed by atoms with Gasteiger partial charge in [-0.2, -0.15) is 0 Å². The fourth-order valence-electron chi connectivity index (χ4n) is 3.76. The minimum atomic E-state index is -0.296.